The zero-order valence-corrected chi connectivity index (χ0v) is 20.6. The highest BCUT2D eigenvalue weighted by Gasteiger charge is 2.47. The van der Waals surface area contributed by atoms with E-state index < -0.39 is 12.1 Å². The number of aliphatic carboxylic acids is 1. The van der Waals surface area contributed by atoms with Gasteiger partial charge in [-0.2, -0.15) is 18.3 Å². The Morgan fingerprint density at radius 1 is 1.22 bits per heavy atom. The molecule has 0 radical (unpaired) electrons. The molecule has 4 heterocycles. The summed E-state index contributed by atoms with van der Waals surface area (Å²) in [6.07, 6.45) is 5.82. The van der Waals surface area contributed by atoms with Gasteiger partial charge >= 0.3 is 12.1 Å². The fourth-order valence-electron chi connectivity index (χ4n) is 5.11. The van der Waals surface area contributed by atoms with Gasteiger partial charge in [0.2, 0.25) is 0 Å². The number of fused-ring (bicyclic) bond motifs is 4. The van der Waals surface area contributed by atoms with Gasteiger partial charge in [0.05, 0.1) is 23.9 Å². The standard InChI is InChI=1S/C24H29N5O.C2HF3O2/c1-2-29-16-19(13-26-29)14-27-11-9-24(10-12-27)23-22(20-5-3-4-6-21(20)30-24)25-17-28(23)15-18-7-8-18;3-2(4,5)1(6)7/h3-6,13,16-18H,2,7-12,14-15H2,1H3;(H,6,7). The third-order valence-corrected chi connectivity index (χ3v) is 7.19. The van der Waals surface area contributed by atoms with Crippen LogP contribution in [0.3, 0.4) is 0 Å². The molecule has 0 bridgehead atoms. The van der Waals surface area contributed by atoms with Gasteiger partial charge in [0.15, 0.2) is 5.60 Å². The fraction of sp³-hybridized carbons (Fsp3) is 0.500. The molecule has 2 aliphatic heterocycles. The van der Waals surface area contributed by atoms with Gasteiger partial charge < -0.3 is 14.4 Å². The third kappa shape index (κ3) is 5.36. The van der Waals surface area contributed by atoms with E-state index in [1.54, 1.807) is 0 Å². The molecule has 0 unspecified atom stereocenters. The van der Waals surface area contributed by atoms with Crippen molar-refractivity contribution in [3.63, 3.8) is 0 Å². The second-order valence-corrected chi connectivity index (χ2v) is 9.91. The van der Waals surface area contributed by atoms with Crippen LogP contribution in [-0.2, 0) is 30.0 Å². The Hall–Kier alpha value is -3.34. The van der Waals surface area contributed by atoms with Gasteiger partial charge in [0.25, 0.3) is 0 Å². The number of nitrogens with zero attached hydrogens (tertiary/aromatic N) is 5. The highest BCUT2D eigenvalue weighted by molar-refractivity contribution is 5.73. The van der Waals surface area contributed by atoms with Crippen molar-refractivity contribution in [3.8, 4) is 17.0 Å². The summed E-state index contributed by atoms with van der Waals surface area (Å²) in [4.78, 5) is 16.3. The number of rotatable bonds is 5. The van der Waals surface area contributed by atoms with Gasteiger partial charge in [-0.15, -0.1) is 0 Å². The maximum Gasteiger partial charge on any atom is 0.490 e. The number of carboxylic acids is 1. The average Bonchev–Trinajstić information content (AvgIpc) is 3.39. The van der Waals surface area contributed by atoms with Crippen molar-refractivity contribution < 1.29 is 27.8 Å². The Balaban J connectivity index is 0.000000355. The Morgan fingerprint density at radius 2 is 1.92 bits per heavy atom. The minimum absolute atomic E-state index is 0.265. The monoisotopic (exact) mass is 517 g/mol. The van der Waals surface area contributed by atoms with Crippen LogP contribution in [0.4, 0.5) is 13.2 Å². The first-order chi connectivity index (χ1) is 17.7. The van der Waals surface area contributed by atoms with Gasteiger partial charge in [-0.3, -0.25) is 9.58 Å². The largest absolute Gasteiger partial charge is 0.490 e. The molecule has 1 aliphatic carbocycles. The van der Waals surface area contributed by atoms with E-state index in [0.717, 1.165) is 68.5 Å². The summed E-state index contributed by atoms with van der Waals surface area (Å²) in [5.74, 6) is -0.959. The molecule has 8 nitrogen and oxygen atoms in total. The molecule has 3 aliphatic rings. The van der Waals surface area contributed by atoms with Crippen molar-refractivity contribution in [3.05, 3.63) is 54.2 Å². The predicted molar refractivity (Wildman–Crippen MR) is 129 cm³/mol. The minimum atomic E-state index is -5.08. The maximum absolute atomic E-state index is 10.6. The lowest BCUT2D eigenvalue weighted by molar-refractivity contribution is -0.192. The fourth-order valence-corrected chi connectivity index (χ4v) is 5.11. The van der Waals surface area contributed by atoms with Gasteiger partial charge in [-0.1, -0.05) is 12.1 Å². The van der Waals surface area contributed by atoms with Crippen LogP contribution in [0.5, 0.6) is 5.75 Å². The number of carboxylic acid groups (broad SMARTS) is 1. The van der Waals surface area contributed by atoms with E-state index in [0.29, 0.717) is 0 Å². The number of aromatic nitrogens is 4. The van der Waals surface area contributed by atoms with Crippen molar-refractivity contribution in [2.75, 3.05) is 13.1 Å². The molecule has 198 valence electrons. The van der Waals surface area contributed by atoms with E-state index in [2.05, 4.69) is 58.3 Å². The molecule has 1 saturated carbocycles. The first-order valence-corrected chi connectivity index (χ1v) is 12.6. The van der Waals surface area contributed by atoms with E-state index in [1.165, 1.54) is 24.1 Å². The molecule has 1 aromatic carbocycles. The van der Waals surface area contributed by atoms with Crippen molar-refractivity contribution >= 4 is 5.97 Å². The molecule has 37 heavy (non-hydrogen) atoms. The minimum Gasteiger partial charge on any atom is -0.480 e. The second-order valence-electron chi connectivity index (χ2n) is 9.91. The van der Waals surface area contributed by atoms with Crippen LogP contribution in [0, 0.1) is 5.92 Å². The van der Waals surface area contributed by atoms with Crippen molar-refractivity contribution in [1.82, 2.24) is 24.2 Å². The van der Waals surface area contributed by atoms with Crippen LogP contribution in [0.1, 0.15) is 43.9 Å². The number of para-hydroxylation sites is 1. The highest BCUT2D eigenvalue weighted by Crippen LogP contribution is 2.49. The molecule has 6 rings (SSSR count). The van der Waals surface area contributed by atoms with Crippen molar-refractivity contribution in [2.45, 2.75) is 64.0 Å². The molecular weight excluding hydrogens is 487 g/mol. The van der Waals surface area contributed by atoms with Crippen LogP contribution in [-0.4, -0.2) is 54.6 Å². The lowest BCUT2D eigenvalue weighted by atomic mass is 9.83. The van der Waals surface area contributed by atoms with Gasteiger partial charge in [0, 0.05) is 62.9 Å². The Labute approximate surface area is 212 Å². The molecular formula is C26H30F3N5O3. The first-order valence-electron chi connectivity index (χ1n) is 12.6. The quantitative estimate of drug-likeness (QED) is 0.529. The lowest BCUT2D eigenvalue weighted by Crippen LogP contribution is -2.48. The molecule has 2 fully saturated rings. The molecule has 2 aromatic heterocycles. The number of carbonyl (C=O) groups is 1. The number of piperidine rings is 1. The summed E-state index contributed by atoms with van der Waals surface area (Å²) in [5.41, 5.74) is 4.62. The smallest absolute Gasteiger partial charge is 0.480 e. The summed E-state index contributed by atoms with van der Waals surface area (Å²) < 4.78 is 43.0. The van der Waals surface area contributed by atoms with E-state index in [4.69, 9.17) is 19.6 Å². The van der Waals surface area contributed by atoms with E-state index in [9.17, 15) is 13.2 Å². The highest BCUT2D eigenvalue weighted by atomic mass is 19.4. The summed E-state index contributed by atoms with van der Waals surface area (Å²) in [5, 5.41) is 11.6. The molecule has 3 aromatic rings. The van der Waals surface area contributed by atoms with Crippen molar-refractivity contribution in [1.29, 1.82) is 0 Å². The Morgan fingerprint density at radius 3 is 2.54 bits per heavy atom. The normalized spacial score (nSPS) is 18.4. The van der Waals surface area contributed by atoms with E-state index in [1.807, 2.05) is 10.9 Å². The van der Waals surface area contributed by atoms with Gasteiger partial charge in [0.1, 0.15) is 5.75 Å². The number of likely N-dealkylation sites (tertiary alicyclic amines) is 1. The lowest BCUT2D eigenvalue weighted by Gasteiger charge is -2.44. The number of aryl methyl sites for hydroxylation is 1. The molecule has 1 spiro atoms. The summed E-state index contributed by atoms with van der Waals surface area (Å²) in [7, 11) is 0. The first kappa shape index (κ1) is 25.3. The van der Waals surface area contributed by atoms with E-state index in [-0.39, 0.29) is 5.60 Å². The number of hydrogen-bond donors (Lipinski definition) is 1. The zero-order valence-electron chi connectivity index (χ0n) is 20.6. The number of ether oxygens (including phenoxy) is 1. The Bertz CT molecular complexity index is 1260. The Kier molecular flexibility index (Phi) is 6.74. The number of halogens is 3. The van der Waals surface area contributed by atoms with Crippen LogP contribution in [0.15, 0.2) is 43.0 Å². The van der Waals surface area contributed by atoms with Crippen LogP contribution in [0.2, 0.25) is 0 Å². The molecule has 11 heteroatoms. The van der Waals surface area contributed by atoms with Crippen molar-refractivity contribution in [2.24, 2.45) is 5.92 Å². The van der Waals surface area contributed by atoms with Crippen LogP contribution < -0.4 is 4.74 Å². The topological polar surface area (TPSA) is 85.4 Å². The summed E-state index contributed by atoms with van der Waals surface area (Å²) in [6, 6.07) is 8.41. The van der Waals surface area contributed by atoms with Gasteiger partial charge in [-0.05, 0) is 37.8 Å². The SMILES string of the molecule is CCn1cc(CN2CCC3(CC2)Oc2ccccc2-c2ncn(CC4CC4)c23)cn1.O=C(O)C(F)(F)F. The number of benzene rings is 1. The number of imidazole rings is 1. The number of hydrogen-bond acceptors (Lipinski definition) is 5. The molecule has 1 saturated heterocycles. The zero-order chi connectivity index (χ0) is 26.2. The van der Waals surface area contributed by atoms with Crippen LogP contribution in [0.25, 0.3) is 11.3 Å². The van der Waals surface area contributed by atoms with E-state index >= 15 is 0 Å². The third-order valence-electron chi connectivity index (χ3n) is 7.19. The summed E-state index contributed by atoms with van der Waals surface area (Å²) in [6.45, 7) is 7.13. The maximum atomic E-state index is 10.6. The number of alkyl halides is 3. The molecule has 0 atom stereocenters. The average molecular weight is 518 g/mol. The second kappa shape index (κ2) is 9.85. The van der Waals surface area contributed by atoms with Gasteiger partial charge in [-0.25, -0.2) is 9.78 Å². The summed E-state index contributed by atoms with van der Waals surface area (Å²) >= 11 is 0. The van der Waals surface area contributed by atoms with Crippen LogP contribution >= 0.6 is 0 Å². The molecule has 0 amide bonds. The predicted octanol–water partition coefficient (Wildman–Crippen LogP) is 4.69. The molecule has 1 N–H and O–H groups in total.